The van der Waals surface area contributed by atoms with Crippen molar-refractivity contribution in [1.82, 2.24) is 4.90 Å². The van der Waals surface area contributed by atoms with Gasteiger partial charge in [-0.15, -0.1) is 0 Å². The largest absolute Gasteiger partial charge is 0.477 e. The molecule has 5 heteroatoms. The van der Waals surface area contributed by atoms with Crippen LogP contribution in [0.3, 0.4) is 0 Å². The van der Waals surface area contributed by atoms with Gasteiger partial charge >= 0.3 is 0 Å². The Balaban J connectivity index is 2.14. The molecule has 19 heavy (non-hydrogen) atoms. The van der Waals surface area contributed by atoms with E-state index in [-0.39, 0.29) is 18.1 Å². The van der Waals surface area contributed by atoms with Crippen molar-refractivity contribution >= 4 is 35.0 Å². The lowest BCUT2D eigenvalue weighted by Crippen LogP contribution is -2.35. The minimum Gasteiger partial charge on any atom is -0.477 e. The Morgan fingerprint density at radius 1 is 1.32 bits per heavy atom. The van der Waals surface area contributed by atoms with Gasteiger partial charge in [-0.2, -0.15) is 0 Å². The number of hydrogen-bond donors (Lipinski definition) is 0. The van der Waals surface area contributed by atoms with Crippen LogP contribution in [-0.2, 0) is 9.59 Å². The van der Waals surface area contributed by atoms with Gasteiger partial charge in [-0.25, -0.2) is 0 Å². The molecule has 0 saturated carbocycles. The summed E-state index contributed by atoms with van der Waals surface area (Å²) in [5.41, 5.74) is 1.46. The predicted octanol–water partition coefficient (Wildman–Crippen LogP) is 1.59. The van der Waals surface area contributed by atoms with Crippen LogP contribution >= 0.6 is 12.2 Å². The summed E-state index contributed by atoms with van der Waals surface area (Å²) in [4.78, 5) is 25.6. The Bertz CT molecular complexity index is 635. The number of ketones is 1. The summed E-state index contributed by atoms with van der Waals surface area (Å²) in [6.07, 6.45) is 0.885. The molecule has 2 aliphatic rings. The summed E-state index contributed by atoms with van der Waals surface area (Å²) in [5.74, 6) is 0.0970. The maximum Gasteiger partial charge on any atom is 0.234 e. The number of hydrogen-bond acceptors (Lipinski definition) is 4. The topological polar surface area (TPSA) is 46.6 Å². The number of rotatable bonds is 0. The van der Waals surface area contributed by atoms with Crippen LogP contribution in [0, 0.1) is 0 Å². The number of nitrogens with zero attached hydrogens (tertiary/aromatic N) is 1. The van der Waals surface area contributed by atoms with E-state index in [9.17, 15) is 9.59 Å². The Morgan fingerprint density at radius 2 is 2.05 bits per heavy atom. The van der Waals surface area contributed by atoms with Crippen molar-refractivity contribution < 1.29 is 14.3 Å². The second-order valence-electron chi connectivity index (χ2n) is 4.54. The Hall–Kier alpha value is -2.01. The average molecular weight is 273 g/mol. The SMILES string of the molecule is CN1C(=O)CC(=O)C2Oc3ccccc3C=C2C1=S. The maximum absolute atomic E-state index is 12.1. The quantitative estimate of drug-likeness (QED) is 0.532. The van der Waals surface area contributed by atoms with Crippen molar-refractivity contribution in [2.24, 2.45) is 0 Å². The molecular formula is C14H11NO3S. The van der Waals surface area contributed by atoms with Gasteiger partial charge < -0.3 is 9.64 Å². The highest BCUT2D eigenvalue weighted by Gasteiger charge is 2.38. The molecule has 1 amide bonds. The highest BCUT2D eigenvalue weighted by molar-refractivity contribution is 7.80. The third-order valence-electron chi connectivity index (χ3n) is 3.30. The van der Waals surface area contributed by atoms with Crippen LogP contribution in [0.4, 0.5) is 0 Å². The van der Waals surface area contributed by atoms with Crippen LogP contribution in [0.1, 0.15) is 12.0 Å². The molecule has 0 bridgehead atoms. The summed E-state index contributed by atoms with van der Waals surface area (Å²) in [6, 6.07) is 7.41. The molecule has 0 aliphatic carbocycles. The maximum atomic E-state index is 12.1. The molecule has 3 rings (SSSR count). The first-order chi connectivity index (χ1) is 9.08. The molecule has 2 heterocycles. The second kappa shape index (κ2) is 4.28. The molecule has 0 radical (unpaired) electrons. The number of Topliss-reactive ketones (excluding diaryl/α,β-unsaturated/α-hetero) is 1. The van der Waals surface area contributed by atoms with Crippen LogP contribution in [0.5, 0.6) is 5.75 Å². The van der Waals surface area contributed by atoms with E-state index in [1.807, 2.05) is 24.3 Å². The zero-order valence-corrected chi connectivity index (χ0v) is 11.1. The molecule has 96 valence electrons. The predicted molar refractivity (Wildman–Crippen MR) is 73.8 cm³/mol. The highest BCUT2D eigenvalue weighted by Crippen LogP contribution is 2.32. The Labute approximate surface area is 115 Å². The lowest BCUT2D eigenvalue weighted by Gasteiger charge is -2.25. The molecule has 1 aromatic carbocycles. The molecule has 4 nitrogen and oxygen atoms in total. The number of carbonyl (C=O) groups is 2. The van der Waals surface area contributed by atoms with Crippen molar-refractivity contribution in [3.8, 4) is 5.75 Å². The van der Waals surface area contributed by atoms with Gasteiger partial charge in [0, 0.05) is 18.2 Å². The zero-order valence-electron chi connectivity index (χ0n) is 10.3. The van der Waals surface area contributed by atoms with E-state index in [1.54, 1.807) is 13.1 Å². The molecule has 0 N–H and O–H groups in total. The lowest BCUT2D eigenvalue weighted by atomic mass is 9.98. The fourth-order valence-electron chi connectivity index (χ4n) is 2.22. The Morgan fingerprint density at radius 3 is 2.84 bits per heavy atom. The number of ether oxygens (including phenoxy) is 1. The molecule has 2 aliphatic heterocycles. The molecule has 1 atom stereocenters. The third kappa shape index (κ3) is 1.86. The van der Waals surface area contributed by atoms with Gasteiger partial charge in [-0.3, -0.25) is 9.59 Å². The number of benzene rings is 1. The summed E-state index contributed by atoms with van der Waals surface area (Å²) in [5, 5.41) is 0. The van der Waals surface area contributed by atoms with Gasteiger partial charge in [0.1, 0.15) is 10.7 Å². The standard InChI is InChI=1S/C14H11NO3S/c1-15-12(17)7-10(16)13-9(14(15)19)6-8-4-2-3-5-11(8)18-13/h2-6,13H,7H2,1H3. The Kier molecular flexibility index (Phi) is 2.71. The molecule has 0 spiro atoms. The number of fused-ring (bicyclic) bond motifs is 2. The van der Waals surface area contributed by atoms with E-state index in [1.165, 1.54) is 4.90 Å². The van der Waals surface area contributed by atoms with Crippen molar-refractivity contribution in [3.05, 3.63) is 35.4 Å². The second-order valence-corrected chi connectivity index (χ2v) is 4.92. The lowest BCUT2D eigenvalue weighted by molar-refractivity contribution is -0.133. The van der Waals surface area contributed by atoms with E-state index in [4.69, 9.17) is 17.0 Å². The average Bonchev–Trinajstić information content (AvgIpc) is 2.50. The summed E-state index contributed by atoms with van der Waals surface area (Å²) in [7, 11) is 1.58. The number of carbonyl (C=O) groups excluding carboxylic acids is 2. The van der Waals surface area contributed by atoms with Crippen LogP contribution in [0.25, 0.3) is 6.08 Å². The van der Waals surface area contributed by atoms with Crippen molar-refractivity contribution in [1.29, 1.82) is 0 Å². The van der Waals surface area contributed by atoms with Crippen molar-refractivity contribution in [3.63, 3.8) is 0 Å². The third-order valence-corrected chi connectivity index (χ3v) is 3.81. The first-order valence-electron chi connectivity index (χ1n) is 5.89. The van der Waals surface area contributed by atoms with Gasteiger partial charge in [0.2, 0.25) is 5.91 Å². The van der Waals surface area contributed by atoms with Crippen molar-refractivity contribution in [2.75, 3.05) is 7.05 Å². The van der Waals surface area contributed by atoms with Crippen molar-refractivity contribution in [2.45, 2.75) is 12.5 Å². The summed E-state index contributed by atoms with van der Waals surface area (Å²) >= 11 is 5.28. The monoisotopic (exact) mass is 273 g/mol. The van der Waals surface area contributed by atoms with Gasteiger partial charge in [0.15, 0.2) is 11.9 Å². The van der Waals surface area contributed by atoms with E-state index in [0.29, 0.717) is 16.3 Å². The van der Waals surface area contributed by atoms with Gasteiger partial charge in [-0.1, -0.05) is 30.4 Å². The van der Waals surface area contributed by atoms with E-state index in [0.717, 1.165) is 5.56 Å². The van der Waals surface area contributed by atoms with E-state index in [2.05, 4.69) is 0 Å². The van der Waals surface area contributed by atoms with Crippen LogP contribution in [-0.4, -0.2) is 34.7 Å². The van der Waals surface area contributed by atoms with Crippen LogP contribution in [0.15, 0.2) is 29.8 Å². The van der Waals surface area contributed by atoms with Crippen LogP contribution < -0.4 is 4.74 Å². The van der Waals surface area contributed by atoms with Gasteiger partial charge in [-0.05, 0) is 12.1 Å². The van der Waals surface area contributed by atoms with E-state index < -0.39 is 6.10 Å². The first kappa shape index (κ1) is 12.0. The molecule has 0 aromatic heterocycles. The number of likely N-dealkylation sites (tertiary alicyclic amines) is 1. The van der Waals surface area contributed by atoms with Crippen LogP contribution in [0.2, 0.25) is 0 Å². The van der Waals surface area contributed by atoms with E-state index >= 15 is 0 Å². The molecule has 1 aromatic rings. The molecule has 1 fully saturated rings. The summed E-state index contributed by atoms with van der Waals surface area (Å²) < 4.78 is 5.71. The minimum atomic E-state index is -0.767. The number of likely N-dealkylation sites (N-methyl/N-ethyl adjacent to an activating group) is 1. The molecular weight excluding hydrogens is 262 g/mol. The number of amides is 1. The number of thiocarbonyl (C=S) groups is 1. The van der Waals surface area contributed by atoms with Gasteiger partial charge in [0.25, 0.3) is 0 Å². The normalized spacial score (nSPS) is 22.2. The fraction of sp³-hybridized carbons (Fsp3) is 0.214. The minimum absolute atomic E-state index is 0.180. The fourth-order valence-corrected chi connectivity index (χ4v) is 2.49. The number of para-hydroxylation sites is 1. The summed E-state index contributed by atoms with van der Waals surface area (Å²) in [6.45, 7) is 0. The smallest absolute Gasteiger partial charge is 0.234 e. The first-order valence-corrected chi connectivity index (χ1v) is 6.29. The van der Waals surface area contributed by atoms with Gasteiger partial charge in [0.05, 0.1) is 6.42 Å². The zero-order chi connectivity index (χ0) is 13.6. The molecule has 1 saturated heterocycles. The molecule has 1 unspecified atom stereocenters. The highest BCUT2D eigenvalue weighted by atomic mass is 32.1.